The Kier molecular flexibility index (Phi) is 7.78. The van der Waals surface area contributed by atoms with Crippen LogP contribution in [-0.2, 0) is 27.5 Å². The predicted octanol–water partition coefficient (Wildman–Crippen LogP) is 5.83. The standard InChI is InChI=1S/C25H24F3NO4S/c1-3-23(19-7-5-4-6-8-19)29(17-18-9-11-20(12-10-18)24(30)33-2)34(31,32)22-15-13-21(14-16-22)25(26,27)28/h4-16,23H,3,17H2,1-2H3. The van der Waals surface area contributed by atoms with Gasteiger partial charge in [-0.25, -0.2) is 13.2 Å². The molecule has 0 spiro atoms. The number of ether oxygens (including phenoxy) is 1. The van der Waals surface area contributed by atoms with Gasteiger partial charge in [0.05, 0.1) is 29.2 Å². The number of sulfonamides is 1. The van der Waals surface area contributed by atoms with Crippen LogP contribution in [0.5, 0.6) is 0 Å². The molecule has 0 heterocycles. The summed E-state index contributed by atoms with van der Waals surface area (Å²) in [5.74, 6) is -0.517. The molecule has 0 saturated heterocycles. The summed E-state index contributed by atoms with van der Waals surface area (Å²) in [6, 6.07) is 18.3. The summed E-state index contributed by atoms with van der Waals surface area (Å²) in [6.07, 6.45) is -4.14. The molecule has 34 heavy (non-hydrogen) atoms. The summed E-state index contributed by atoms with van der Waals surface area (Å²) in [7, 11) is -2.91. The summed E-state index contributed by atoms with van der Waals surface area (Å²) < 4.78 is 72.3. The molecule has 1 unspecified atom stereocenters. The van der Waals surface area contributed by atoms with Crippen molar-refractivity contribution in [1.29, 1.82) is 0 Å². The molecule has 180 valence electrons. The second-order valence-corrected chi connectivity index (χ2v) is 9.49. The maximum Gasteiger partial charge on any atom is 0.416 e. The van der Waals surface area contributed by atoms with Crippen molar-refractivity contribution in [2.75, 3.05) is 7.11 Å². The molecule has 9 heteroatoms. The number of nitrogens with zero attached hydrogens (tertiary/aromatic N) is 1. The van der Waals surface area contributed by atoms with Crippen molar-refractivity contribution < 1.29 is 31.1 Å². The quantitative estimate of drug-likeness (QED) is 0.372. The van der Waals surface area contributed by atoms with Gasteiger partial charge in [-0.3, -0.25) is 0 Å². The number of hydrogen-bond donors (Lipinski definition) is 0. The number of halogens is 3. The van der Waals surface area contributed by atoms with Gasteiger partial charge in [0.15, 0.2) is 0 Å². The van der Waals surface area contributed by atoms with Crippen LogP contribution in [0.3, 0.4) is 0 Å². The fraction of sp³-hybridized carbons (Fsp3) is 0.240. The predicted molar refractivity (Wildman–Crippen MR) is 121 cm³/mol. The average Bonchev–Trinajstić information content (AvgIpc) is 2.84. The fourth-order valence-corrected chi connectivity index (χ4v) is 5.31. The Balaban J connectivity index is 2.04. The molecule has 3 aromatic carbocycles. The van der Waals surface area contributed by atoms with Crippen LogP contribution in [-0.4, -0.2) is 25.8 Å². The molecule has 3 rings (SSSR count). The van der Waals surface area contributed by atoms with Crippen LogP contribution in [0.25, 0.3) is 0 Å². The number of alkyl halides is 3. The lowest BCUT2D eigenvalue weighted by Gasteiger charge is -2.31. The topological polar surface area (TPSA) is 63.7 Å². The molecule has 0 amide bonds. The summed E-state index contributed by atoms with van der Waals surface area (Å²) in [5.41, 5.74) is 0.759. The third kappa shape index (κ3) is 5.66. The summed E-state index contributed by atoms with van der Waals surface area (Å²) in [4.78, 5) is 11.5. The van der Waals surface area contributed by atoms with E-state index in [-0.39, 0.29) is 11.4 Å². The highest BCUT2D eigenvalue weighted by Gasteiger charge is 2.34. The lowest BCUT2D eigenvalue weighted by molar-refractivity contribution is -0.137. The van der Waals surface area contributed by atoms with E-state index in [1.54, 1.807) is 24.3 Å². The first-order valence-corrected chi connectivity index (χ1v) is 11.9. The molecule has 3 aromatic rings. The molecular formula is C25H24F3NO4S. The van der Waals surface area contributed by atoms with Gasteiger partial charge in [-0.15, -0.1) is 0 Å². The number of rotatable bonds is 8. The Morgan fingerprint density at radius 2 is 1.53 bits per heavy atom. The summed E-state index contributed by atoms with van der Waals surface area (Å²) in [5, 5.41) is 0. The SMILES string of the molecule is CCC(c1ccccc1)N(Cc1ccc(C(=O)OC)cc1)S(=O)(=O)c1ccc(C(F)(F)F)cc1. The van der Waals surface area contributed by atoms with E-state index in [4.69, 9.17) is 4.74 Å². The van der Waals surface area contributed by atoms with E-state index in [0.29, 0.717) is 17.5 Å². The lowest BCUT2D eigenvalue weighted by atomic mass is 10.0. The highest BCUT2D eigenvalue weighted by atomic mass is 32.2. The molecule has 0 aliphatic heterocycles. The molecule has 1 atom stereocenters. The maximum atomic E-state index is 13.7. The van der Waals surface area contributed by atoms with Gasteiger partial charge in [-0.1, -0.05) is 49.4 Å². The fourth-order valence-electron chi connectivity index (χ4n) is 3.64. The minimum atomic E-state index is -4.57. The lowest BCUT2D eigenvalue weighted by Crippen LogP contribution is -2.34. The molecule has 0 bridgehead atoms. The smallest absolute Gasteiger partial charge is 0.416 e. The molecule has 0 N–H and O–H groups in total. The van der Waals surface area contributed by atoms with E-state index in [9.17, 15) is 26.4 Å². The van der Waals surface area contributed by atoms with Crippen LogP contribution in [0, 0.1) is 0 Å². The molecule has 5 nitrogen and oxygen atoms in total. The highest BCUT2D eigenvalue weighted by Crippen LogP contribution is 2.34. The number of benzene rings is 3. The first kappa shape index (κ1) is 25.5. The zero-order chi connectivity index (χ0) is 24.9. The third-order valence-corrected chi connectivity index (χ3v) is 7.29. The molecular weight excluding hydrogens is 467 g/mol. The Labute approximate surface area is 196 Å². The van der Waals surface area contributed by atoms with E-state index in [0.717, 1.165) is 29.8 Å². The van der Waals surface area contributed by atoms with E-state index in [1.807, 2.05) is 25.1 Å². The molecule has 0 saturated carbocycles. The van der Waals surface area contributed by atoms with Crippen molar-refractivity contribution in [2.24, 2.45) is 0 Å². The van der Waals surface area contributed by atoms with Crippen LogP contribution in [0.2, 0.25) is 0 Å². The maximum absolute atomic E-state index is 13.7. The van der Waals surface area contributed by atoms with Crippen LogP contribution in [0.15, 0.2) is 83.8 Å². The Morgan fingerprint density at radius 3 is 2.03 bits per heavy atom. The second kappa shape index (κ2) is 10.4. The number of methoxy groups -OCH3 is 1. The summed E-state index contributed by atoms with van der Waals surface area (Å²) in [6.45, 7) is 1.80. The van der Waals surface area contributed by atoms with Crippen molar-refractivity contribution in [3.63, 3.8) is 0 Å². The minimum Gasteiger partial charge on any atom is -0.465 e. The molecule has 0 fully saturated rings. The van der Waals surface area contributed by atoms with Crippen LogP contribution in [0.1, 0.15) is 46.4 Å². The zero-order valence-corrected chi connectivity index (χ0v) is 19.4. The highest BCUT2D eigenvalue weighted by molar-refractivity contribution is 7.89. The van der Waals surface area contributed by atoms with Gasteiger partial charge in [0, 0.05) is 6.54 Å². The van der Waals surface area contributed by atoms with Crippen LogP contribution < -0.4 is 0 Å². The number of carbonyl (C=O) groups excluding carboxylic acids is 1. The minimum absolute atomic E-state index is 0.0434. The average molecular weight is 492 g/mol. The van der Waals surface area contributed by atoms with Gasteiger partial charge in [-0.2, -0.15) is 17.5 Å². The van der Waals surface area contributed by atoms with Gasteiger partial charge in [0.25, 0.3) is 0 Å². The monoisotopic (exact) mass is 491 g/mol. The number of carbonyl (C=O) groups is 1. The van der Waals surface area contributed by atoms with Gasteiger partial charge in [0.1, 0.15) is 0 Å². The normalized spacial score (nSPS) is 13.0. The van der Waals surface area contributed by atoms with E-state index in [2.05, 4.69) is 0 Å². The van der Waals surface area contributed by atoms with E-state index < -0.39 is 33.8 Å². The zero-order valence-electron chi connectivity index (χ0n) is 18.6. The Bertz CT molecular complexity index is 1210. The summed E-state index contributed by atoms with van der Waals surface area (Å²) >= 11 is 0. The largest absolute Gasteiger partial charge is 0.465 e. The molecule has 0 aliphatic rings. The van der Waals surface area contributed by atoms with Gasteiger partial charge < -0.3 is 4.74 Å². The molecule has 0 radical (unpaired) electrons. The van der Waals surface area contributed by atoms with E-state index in [1.165, 1.54) is 23.5 Å². The van der Waals surface area contributed by atoms with Crippen molar-refractivity contribution in [2.45, 2.75) is 37.0 Å². The molecule has 0 aromatic heterocycles. The van der Waals surface area contributed by atoms with Crippen molar-refractivity contribution >= 4 is 16.0 Å². The van der Waals surface area contributed by atoms with Crippen LogP contribution in [0.4, 0.5) is 13.2 Å². The second-order valence-electron chi connectivity index (χ2n) is 7.60. The molecule has 0 aliphatic carbocycles. The Hall–Kier alpha value is -3.17. The van der Waals surface area contributed by atoms with Crippen LogP contribution >= 0.6 is 0 Å². The third-order valence-electron chi connectivity index (χ3n) is 5.42. The first-order valence-electron chi connectivity index (χ1n) is 10.5. The van der Waals surface area contributed by atoms with Gasteiger partial charge >= 0.3 is 12.1 Å². The Morgan fingerprint density at radius 1 is 0.941 bits per heavy atom. The number of esters is 1. The number of hydrogen-bond acceptors (Lipinski definition) is 4. The van der Waals surface area contributed by atoms with Gasteiger partial charge in [-0.05, 0) is 53.9 Å². The first-order chi connectivity index (χ1) is 16.1. The van der Waals surface area contributed by atoms with Gasteiger partial charge in [0.2, 0.25) is 10.0 Å². The van der Waals surface area contributed by atoms with Crippen molar-refractivity contribution in [1.82, 2.24) is 4.31 Å². The van der Waals surface area contributed by atoms with Crippen molar-refractivity contribution in [3.05, 3.63) is 101 Å². The van der Waals surface area contributed by atoms with Crippen molar-refractivity contribution in [3.8, 4) is 0 Å². The van der Waals surface area contributed by atoms with E-state index >= 15 is 0 Å².